The lowest BCUT2D eigenvalue weighted by Crippen LogP contribution is -2.27. The summed E-state index contributed by atoms with van der Waals surface area (Å²) in [7, 11) is 0. The summed E-state index contributed by atoms with van der Waals surface area (Å²) in [6.45, 7) is 7.03. The number of ether oxygens (including phenoxy) is 1. The molecule has 0 bridgehead atoms. The van der Waals surface area contributed by atoms with Gasteiger partial charge in [-0.15, -0.1) is 0 Å². The van der Waals surface area contributed by atoms with E-state index in [0.717, 1.165) is 25.7 Å². The van der Waals surface area contributed by atoms with E-state index in [0.29, 0.717) is 11.7 Å². The Balaban J connectivity index is 2.10. The highest BCUT2D eigenvalue weighted by atomic mass is 16.5. The fourth-order valence-corrected chi connectivity index (χ4v) is 3.87. The fraction of sp³-hybridized carbons (Fsp3) is 0.667. The van der Waals surface area contributed by atoms with Gasteiger partial charge in [-0.1, -0.05) is 26.2 Å². The maximum absolute atomic E-state index is 12.7. The zero-order chi connectivity index (χ0) is 20.0. The normalized spacial score (nSPS) is 19.6. The molecule has 1 saturated carbocycles. The Bertz CT molecular complexity index is 683. The Labute approximate surface area is 161 Å². The highest BCUT2D eigenvalue weighted by molar-refractivity contribution is 6.10. The van der Waals surface area contributed by atoms with E-state index in [9.17, 15) is 14.4 Å². The van der Waals surface area contributed by atoms with Crippen LogP contribution < -0.4 is 5.32 Å². The molecule has 0 spiro atoms. The van der Waals surface area contributed by atoms with Gasteiger partial charge in [0.15, 0.2) is 5.78 Å². The lowest BCUT2D eigenvalue weighted by molar-refractivity contribution is -0.121. The van der Waals surface area contributed by atoms with Crippen molar-refractivity contribution < 1.29 is 23.5 Å². The minimum absolute atomic E-state index is 0.0202. The molecule has 1 amide bonds. The van der Waals surface area contributed by atoms with Gasteiger partial charge in [-0.2, -0.15) is 0 Å². The first kappa shape index (κ1) is 21.2. The van der Waals surface area contributed by atoms with Gasteiger partial charge in [0.25, 0.3) is 0 Å². The Morgan fingerprint density at radius 1 is 1.11 bits per heavy atom. The SMILES string of the molecule is CCCCC1CCC(C(=O)Nc2oc(C)c(C(C)=O)c2C(=O)OCC)CC1. The molecule has 6 heteroatoms. The lowest BCUT2D eigenvalue weighted by atomic mass is 9.79. The quantitative estimate of drug-likeness (QED) is 0.514. The van der Waals surface area contributed by atoms with Crippen LogP contribution in [0.15, 0.2) is 4.42 Å². The summed E-state index contributed by atoms with van der Waals surface area (Å²) in [6.07, 6.45) is 7.47. The molecule has 1 aliphatic carbocycles. The molecule has 1 N–H and O–H groups in total. The van der Waals surface area contributed by atoms with Gasteiger partial charge in [-0.05, 0) is 52.4 Å². The molecule has 2 rings (SSSR count). The van der Waals surface area contributed by atoms with Gasteiger partial charge in [0.05, 0.1) is 12.2 Å². The highest BCUT2D eigenvalue weighted by Crippen LogP contribution is 2.34. The van der Waals surface area contributed by atoms with Crippen LogP contribution in [0.5, 0.6) is 0 Å². The van der Waals surface area contributed by atoms with Crippen molar-refractivity contribution in [2.24, 2.45) is 11.8 Å². The maximum Gasteiger partial charge on any atom is 0.344 e. The topological polar surface area (TPSA) is 85.6 Å². The first-order valence-corrected chi connectivity index (χ1v) is 10.0. The Hall–Kier alpha value is -2.11. The van der Waals surface area contributed by atoms with Crippen molar-refractivity contribution in [1.82, 2.24) is 0 Å². The van der Waals surface area contributed by atoms with Crippen LogP contribution in [0.2, 0.25) is 0 Å². The number of carbonyl (C=O) groups excluding carboxylic acids is 3. The van der Waals surface area contributed by atoms with Crippen LogP contribution in [0, 0.1) is 18.8 Å². The number of amides is 1. The van der Waals surface area contributed by atoms with Crippen molar-refractivity contribution in [3.05, 3.63) is 16.9 Å². The van der Waals surface area contributed by atoms with Crippen LogP contribution in [-0.4, -0.2) is 24.3 Å². The summed E-state index contributed by atoms with van der Waals surface area (Å²) in [5, 5.41) is 2.74. The number of hydrogen-bond donors (Lipinski definition) is 1. The molecule has 6 nitrogen and oxygen atoms in total. The average molecular weight is 377 g/mol. The number of esters is 1. The van der Waals surface area contributed by atoms with Gasteiger partial charge in [-0.3, -0.25) is 14.9 Å². The standard InChI is InChI=1S/C21H31NO5/c1-5-7-8-15-9-11-16(12-10-15)19(24)22-20-18(21(25)26-6-2)17(13(3)23)14(4)27-20/h15-16H,5-12H2,1-4H3,(H,22,24). The highest BCUT2D eigenvalue weighted by Gasteiger charge is 2.31. The summed E-state index contributed by atoms with van der Waals surface area (Å²) in [5.41, 5.74) is 0.193. The van der Waals surface area contributed by atoms with E-state index in [4.69, 9.17) is 9.15 Å². The van der Waals surface area contributed by atoms with Gasteiger partial charge in [0.1, 0.15) is 11.3 Å². The number of carbonyl (C=O) groups is 3. The predicted molar refractivity (Wildman–Crippen MR) is 103 cm³/mol. The minimum atomic E-state index is -0.655. The Morgan fingerprint density at radius 2 is 1.78 bits per heavy atom. The number of rotatable bonds is 8. The third kappa shape index (κ3) is 5.21. The molecule has 1 aromatic rings. The second-order valence-electron chi connectivity index (χ2n) is 7.36. The molecule has 1 fully saturated rings. The molecule has 0 atom stereocenters. The number of Topliss-reactive ketones (excluding diaryl/α,β-unsaturated/α-hetero) is 1. The van der Waals surface area contributed by atoms with Crippen molar-refractivity contribution in [1.29, 1.82) is 0 Å². The zero-order valence-corrected chi connectivity index (χ0v) is 16.9. The molecule has 1 aromatic heterocycles. The van der Waals surface area contributed by atoms with E-state index in [1.165, 1.54) is 26.2 Å². The molecule has 0 saturated heterocycles. The molecule has 0 radical (unpaired) electrons. The molecular weight excluding hydrogens is 346 g/mol. The minimum Gasteiger partial charge on any atom is -0.462 e. The molecular formula is C21H31NO5. The molecule has 0 aromatic carbocycles. The van der Waals surface area contributed by atoms with E-state index < -0.39 is 5.97 Å². The summed E-state index contributed by atoms with van der Waals surface area (Å²) in [6, 6.07) is 0. The molecule has 1 aliphatic rings. The molecule has 0 unspecified atom stereocenters. The number of unbranched alkanes of at least 4 members (excludes halogenated alkanes) is 1. The van der Waals surface area contributed by atoms with Crippen LogP contribution >= 0.6 is 0 Å². The third-order valence-electron chi connectivity index (χ3n) is 5.34. The van der Waals surface area contributed by atoms with Crippen LogP contribution in [0.3, 0.4) is 0 Å². The van der Waals surface area contributed by atoms with E-state index in [1.54, 1.807) is 13.8 Å². The lowest BCUT2D eigenvalue weighted by Gasteiger charge is -2.27. The number of furan rings is 1. The van der Waals surface area contributed by atoms with E-state index in [1.807, 2.05) is 0 Å². The third-order valence-corrected chi connectivity index (χ3v) is 5.34. The van der Waals surface area contributed by atoms with E-state index in [2.05, 4.69) is 12.2 Å². The summed E-state index contributed by atoms with van der Waals surface area (Å²) >= 11 is 0. The van der Waals surface area contributed by atoms with E-state index >= 15 is 0 Å². The van der Waals surface area contributed by atoms with Gasteiger partial charge < -0.3 is 9.15 Å². The second kappa shape index (κ2) is 9.72. The summed E-state index contributed by atoms with van der Waals surface area (Å²) < 4.78 is 10.6. The maximum atomic E-state index is 12.7. The number of hydrogen-bond acceptors (Lipinski definition) is 5. The summed E-state index contributed by atoms with van der Waals surface area (Å²) in [5.74, 6) is -0.158. The summed E-state index contributed by atoms with van der Waals surface area (Å²) in [4.78, 5) is 37.0. The van der Waals surface area contributed by atoms with Crippen LogP contribution in [0.1, 0.15) is 92.2 Å². The number of ketones is 1. The Kier molecular flexibility index (Phi) is 7.63. The number of nitrogens with one attached hydrogen (secondary N) is 1. The van der Waals surface area contributed by atoms with Crippen LogP contribution in [0.25, 0.3) is 0 Å². The molecule has 27 heavy (non-hydrogen) atoms. The van der Waals surface area contributed by atoms with Crippen molar-refractivity contribution in [3.8, 4) is 0 Å². The van der Waals surface area contributed by atoms with Gasteiger partial charge >= 0.3 is 5.97 Å². The second-order valence-corrected chi connectivity index (χ2v) is 7.36. The molecule has 0 aliphatic heterocycles. The van der Waals surface area contributed by atoms with Gasteiger partial charge in [-0.25, -0.2) is 4.79 Å². The van der Waals surface area contributed by atoms with Gasteiger partial charge in [0.2, 0.25) is 11.8 Å². The number of aryl methyl sites for hydroxylation is 1. The smallest absolute Gasteiger partial charge is 0.344 e. The first-order chi connectivity index (χ1) is 12.9. The van der Waals surface area contributed by atoms with Crippen LogP contribution in [-0.2, 0) is 9.53 Å². The average Bonchev–Trinajstić information content (AvgIpc) is 2.96. The van der Waals surface area contributed by atoms with Gasteiger partial charge in [0, 0.05) is 5.92 Å². The predicted octanol–water partition coefficient (Wildman–Crippen LogP) is 4.90. The first-order valence-electron chi connectivity index (χ1n) is 10.0. The van der Waals surface area contributed by atoms with E-state index in [-0.39, 0.29) is 41.2 Å². The van der Waals surface area contributed by atoms with Crippen molar-refractivity contribution >= 4 is 23.5 Å². The molecule has 1 heterocycles. The Morgan fingerprint density at radius 3 is 2.33 bits per heavy atom. The van der Waals surface area contributed by atoms with Crippen LogP contribution in [0.4, 0.5) is 5.88 Å². The monoisotopic (exact) mass is 377 g/mol. The zero-order valence-electron chi connectivity index (χ0n) is 16.9. The molecule has 150 valence electrons. The largest absolute Gasteiger partial charge is 0.462 e. The van der Waals surface area contributed by atoms with Crippen molar-refractivity contribution in [2.45, 2.75) is 72.6 Å². The van der Waals surface area contributed by atoms with Crippen molar-refractivity contribution in [3.63, 3.8) is 0 Å². The number of anilines is 1. The fourth-order valence-electron chi connectivity index (χ4n) is 3.87. The van der Waals surface area contributed by atoms with Crippen molar-refractivity contribution in [2.75, 3.05) is 11.9 Å².